The lowest BCUT2D eigenvalue weighted by atomic mass is 10.1. The zero-order chi connectivity index (χ0) is 14.0. The van der Waals surface area contributed by atoms with E-state index in [9.17, 15) is 9.90 Å². The third-order valence-electron chi connectivity index (χ3n) is 3.50. The van der Waals surface area contributed by atoms with Crippen molar-refractivity contribution >= 4 is 11.8 Å². The number of nitrogens with zero attached hydrogens (tertiary/aromatic N) is 3. The second-order valence-corrected chi connectivity index (χ2v) is 5.39. The van der Waals surface area contributed by atoms with Crippen LogP contribution in [0.3, 0.4) is 0 Å². The average Bonchev–Trinajstić information content (AvgIpc) is 2.39. The van der Waals surface area contributed by atoms with Crippen LogP contribution in [0.1, 0.15) is 35.8 Å². The van der Waals surface area contributed by atoms with E-state index < -0.39 is 5.97 Å². The molecule has 1 fully saturated rings. The molecule has 0 aromatic carbocycles. The molecule has 2 rings (SSSR count). The number of pyridine rings is 1. The number of aromatic carboxylic acids is 1. The van der Waals surface area contributed by atoms with Gasteiger partial charge in [-0.15, -0.1) is 0 Å². The SMILES string of the molecule is CC(C)c1cc(C(=O)O)cc(N2CCN(C)CC2)n1. The zero-order valence-corrected chi connectivity index (χ0v) is 11.8. The van der Waals surface area contributed by atoms with Gasteiger partial charge in [-0.3, -0.25) is 0 Å². The van der Waals surface area contributed by atoms with Gasteiger partial charge in [-0.2, -0.15) is 0 Å². The van der Waals surface area contributed by atoms with Gasteiger partial charge in [0.1, 0.15) is 5.82 Å². The van der Waals surface area contributed by atoms with E-state index in [2.05, 4.69) is 21.8 Å². The third kappa shape index (κ3) is 3.23. The number of rotatable bonds is 3. The molecule has 1 aromatic heterocycles. The minimum Gasteiger partial charge on any atom is -0.478 e. The topological polar surface area (TPSA) is 56.7 Å². The maximum absolute atomic E-state index is 11.2. The fourth-order valence-electron chi connectivity index (χ4n) is 2.15. The first-order chi connectivity index (χ1) is 8.97. The summed E-state index contributed by atoms with van der Waals surface area (Å²) in [5.41, 5.74) is 1.17. The fourth-order valence-corrected chi connectivity index (χ4v) is 2.15. The van der Waals surface area contributed by atoms with Gasteiger partial charge in [0.15, 0.2) is 0 Å². The van der Waals surface area contributed by atoms with Crippen LogP contribution in [0.5, 0.6) is 0 Å². The van der Waals surface area contributed by atoms with Crippen LogP contribution >= 0.6 is 0 Å². The smallest absolute Gasteiger partial charge is 0.335 e. The van der Waals surface area contributed by atoms with Gasteiger partial charge in [0.25, 0.3) is 0 Å². The van der Waals surface area contributed by atoms with Crippen molar-refractivity contribution in [1.82, 2.24) is 9.88 Å². The van der Waals surface area contributed by atoms with Crippen LogP contribution in [0, 0.1) is 0 Å². The summed E-state index contributed by atoms with van der Waals surface area (Å²) in [6.45, 7) is 7.81. The van der Waals surface area contributed by atoms with E-state index in [0.29, 0.717) is 5.56 Å². The van der Waals surface area contributed by atoms with Crippen molar-refractivity contribution in [2.24, 2.45) is 0 Å². The summed E-state index contributed by atoms with van der Waals surface area (Å²) >= 11 is 0. The van der Waals surface area contributed by atoms with Crippen LogP contribution in [0.15, 0.2) is 12.1 Å². The second-order valence-electron chi connectivity index (χ2n) is 5.39. The van der Waals surface area contributed by atoms with E-state index in [4.69, 9.17) is 0 Å². The first-order valence-electron chi connectivity index (χ1n) is 6.66. The summed E-state index contributed by atoms with van der Waals surface area (Å²) < 4.78 is 0. The Morgan fingerprint density at radius 2 is 1.89 bits per heavy atom. The Morgan fingerprint density at radius 3 is 2.42 bits per heavy atom. The summed E-state index contributed by atoms with van der Waals surface area (Å²) in [5.74, 6) is 0.127. The van der Waals surface area contributed by atoms with E-state index in [1.807, 2.05) is 13.8 Å². The molecule has 5 heteroatoms. The first kappa shape index (κ1) is 13.8. The zero-order valence-electron chi connectivity index (χ0n) is 11.8. The number of carboxylic acid groups (broad SMARTS) is 1. The Labute approximate surface area is 113 Å². The molecule has 1 saturated heterocycles. The molecule has 1 N–H and O–H groups in total. The monoisotopic (exact) mass is 263 g/mol. The number of carboxylic acids is 1. The normalized spacial score (nSPS) is 16.9. The van der Waals surface area contributed by atoms with E-state index in [1.165, 1.54) is 0 Å². The summed E-state index contributed by atoms with van der Waals surface area (Å²) in [7, 11) is 2.10. The van der Waals surface area contributed by atoms with Gasteiger partial charge < -0.3 is 14.9 Å². The number of carbonyl (C=O) groups is 1. The predicted octanol–water partition coefficient (Wildman–Crippen LogP) is 1.66. The molecule has 5 nitrogen and oxygen atoms in total. The highest BCUT2D eigenvalue weighted by Crippen LogP contribution is 2.21. The molecule has 19 heavy (non-hydrogen) atoms. The van der Waals surface area contributed by atoms with Crippen LogP contribution in [0.4, 0.5) is 5.82 Å². The van der Waals surface area contributed by atoms with E-state index in [0.717, 1.165) is 37.7 Å². The van der Waals surface area contributed by atoms with Gasteiger partial charge in [-0.05, 0) is 25.1 Å². The number of piperazine rings is 1. The molecular weight excluding hydrogens is 242 g/mol. The van der Waals surface area contributed by atoms with Gasteiger partial charge in [-0.1, -0.05) is 13.8 Å². The molecule has 1 aromatic rings. The second kappa shape index (κ2) is 5.57. The quantitative estimate of drug-likeness (QED) is 0.898. The maximum Gasteiger partial charge on any atom is 0.335 e. The number of aromatic nitrogens is 1. The highest BCUT2D eigenvalue weighted by atomic mass is 16.4. The minimum atomic E-state index is -0.889. The Morgan fingerprint density at radius 1 is 1.26 bits per heavy atom. The lowest BCUT2D eigenvalue weighted by molar-refractivity contribution is 0.0696. The summed E-state index contributed by atoms with van der Waals surface area (Å²) in [6, 6.07) is 3.35. The standard InChI is InChI=1S/C14H21N3O2/c1-10(2)12-8-11(14(18)19)9-13(15-12)17-6-4-16(3)5-7-17/h8-10H,4-7H2,1-3H3,(H,18,19). The van der Waals surface area contributed by atoms with E-state index in [1.54, 1.807) is 12.1 Å². The summed E-state index contributed by atoms with van der Waals surface area (Å²) in [4.78, 5) is 20.2. The molecule has 2 heterocycles. The molecule has 0 spiro atoms. The number of hydrogen-bond acceptors (Lipinski definition) is 4. The van der Waals surface area contributed by atoms with Gasteiger partial charge in [-0.25, -0.2) is 9.78 Å². The average molecular weight is 263 g/mol. The molecule has 1 aliphatic rings. The van der Waals surface area contributed by atoms with E-state index in [-0.39, 0.29) is 5.92 Å². The Kier molecular flexibility index (Phi) is 4.04. The van der Waals surface area contributed by atoms with E-state index >= 15 is 0 Å². The highest BCUT2D eigenvalue weighted by Gasteiger charge is 2.18. The predicted molar refractivity (Wildman–Crippen MR) is 75.0 cm³/mol. The van der Waals surface area contributed by atoms with Crippen molar-refractivity contribution in [3.8, 4) is 0 Å². The molecule has 0 unspecified atom stereocenters. The van der Waals surface area contributed by atoms with Crippen molar-refractivity contribution in [1.29, 1.82) is 0 Å². The van der Waals surface area contributed by atoms with Gasteiger partial charge >= 0.3 is 5.97 Å². The number of anilines is 1. The van der Waals surface area contributed by atoms with Crippen molar-refractivity contribution < 1.29 is 9.90 Å². The highest BCUT2D eigenvalue weighted by molar-refractivity contribution is 5.88. The molecule has 0 saturated carbocycles. The first-order valence-corrected chi connectivity index (χ1v) is 6.66. The molecule has 104 valence electrons. The van der Waals surface area contributed by atoms with Crippen molar-refractivity contribution in [3.05, 3.63) is 23.4 Å². The van der Waals surface area contributed by atoms with Gasteiger partial charge in [0.05, 0.1) is 5.56 Å². The number of hydrogen-bond donors (Lipinski definition) is 1. The molecule has 0 aliphatic carbocycles. The van der Waals surface area contributed by atoms with Crippen LogP contribution in [0.25, 0.3) is 0 Å². The van der Waals surface area contributed by atoms with Crippen molar-refractivity contribution in [3.63, 3.8) is 0 Å². The minimum absolute atomic E-state index is 0.227. The van der Waals surface area contributed by atoms with Crippen LogP contribution in [-0.4, -0.2) is 54.2 Å². The molecule has 0 atom stereocenters. The molecular formula is C14H21N3O2. The Balaban J connectivity index is 2.31. The van der Waals surface area contributed by atoms with Crippen molar-refractivity contribution in [2.75, 3.05) is 38.1 Å². The van der Waals surface area contributed by atoms with Crippen LogP contribution in [0.2, 0.25) is 0 Å². The lowest BCUT2D eigenvalue weighted by Gasteiger charge is -2.33. The van der Waals surface area contributed by atoms with Crippen LogP contribution < -0.4 is 4.90 Å². The van der Waals surface area contributed by atoms with Crippen molar-refractivity contribution in [2.45, 2.75) is 19.8 Å². The van der Waals surface area contributed by atoms with Gasteiger partial charge in [0.2, 0.25) is 0 Å². The maximum atomic E-state index is 11.2. The lowest BCUT2D eigenvalue weighted by Crippen LogP contribution is -2.45. The summed E-state index contributed by atoms with van der Waals surface area (Å²) in [5, 5.41) is 9.20. The molecule has 0 bridgehead atoms. The molecule has 0 radical (unpaired) electrons. The van der Waals surface area contributed by atoms with Gasteiger partial charge in [0, 0.05) is 31.9 Å². The molecule has 0 amide bonds. The summed E-state index contributed by atoms with van der Waals surface area (Å²) in [6.07, 6.45) is 0. The van der Waals surface area contributed by atoms with Crippen LogP contribution in [-0.2, 0) is 0 Å². The fraction of sp³-hybridized carbons (Fsp3) is 0.571. The Hall–Kier alpha value is -1.62. The third-order valence-corrected chi connectivity index (χ3v) is 3.50. The number of likely N-dealkylation sites (N-methyl/N-ethyl adjacent to an activating group) is 1. The molecule has 1 aliphatic heterocycles. The largest absolute Gasteiger partial charge is 0.478 e. The Bertz CT molecular complexity index is 466.